The molecular weight excluding hydrogens is 174 g/mol. The normalized spacial score (nSPS) is 10.8. The van der Waals surface area contributed by atoms with E-state index in [0.717, 1.165) is 19.4 Å². The summed E-state index contributed by atoms with van der Waals surface area (Å²) in [5, 5.41) is 1.98. The number of nitrogens with one attached hydrogen (secondary N) is 2. The zero-order valence-electron chi connectivity index (χ0n) is 8.96. The predicted molar refractivity (Wildman–Crippen MR) is 59.6 cm³/mol. The largest absolute Gasteiger partial charge is 0.245 e. The quantitative estimate of drug-likeness (QED) is 0.665. The average Bonchev–Trinajstić information content (AvgIpc) is 2.26. The van der Waals surface area contributed by atoms with Gasteiger partial charge in [-0.1, -0.05) is 30.3 Å². The maximum Gasteiger partial charge on any atom is 0.0291 e. The first kappa shape index (κ1) is 11.2. The molecule has 1 rings (SSSR count). The van der Waals surface area contributed by atoms with Crippen molar-refractivity contribution in [3.05, 3.63) is 35.9 Å². The van der Waals surface area contributed by atoms with Crippen LogP contribution in [0.1, 0.15) is 12.0 Å². The fourth-order valence-electron chi connectivity index (χ4n) is 1.42. The van der Waals surface area contributed by atoms with E-state index in [9.17, 15) is 0 Å². The van der Waals surface area contributed by atoms with Gasteiger partial charge in [0.2, 0.25) is 0 Å². The fraction of sp³-hybridized carbons (Fsp3) is 0.455. The van der Waals surface area contributed by atoms with E-state index in [1.54, 1.807) is 0 Å². The molecule has 0 aliphatic rings. The van der Waals surface area contributed by atoms with Crippen molar-refractivity contribution in [2.75, 3.05) is 20.6 Å². The lowest BCUT2D eigenvalue weighted by Crippen LogP contribution is -2.44. The molecule has 3 nitrogen and oxygen atoms in total. The van der Waals surface area contributed by atoms with Crippen molar-refractivity contribution >= 4 is 0 Å². The van der Waals surface area contributed by atoms with Gasteiger partial charge < -0.3 is 0 Å². The SMILES string of the molecule is CNN(CCCc1ccccc1)NC. The first-order valence-electron chi connectivity index (χ1n) is 5.03. The Balaban J connectivity index is 2.21. The zero-order valence-corrected chi connectivity index (χ0v) is 8.96. The Bertz CT molecular complexity index is 232. The molecule has 0 saturated heterocycles. The van der Waals surface area contributed by atoms with E-state index in [1.807, 2.05) is 19.2 Å². The van der Waals surface area contributed by atoms with Gasteiger partial charge in [0.15, 0.2) is 0 Å². The standard InChI is InChI=1S/C11H19N3/c1-12-14(13-2)10-6-9-11-7-4-3-5-8-11/h3-5,7-8,12-13H,6,9-10H2,1-2H3. The third kappa shape index (κ3) is 3.87. The molecule has 0 radical (unpaired) electrons. The maximum absolute atomic E-state index is 3.06. The number of benzene rings is 1. The molecule has 0 aromatic heterocycles. The Morgan fingerprint density at radius 1 is 1.07 bits per heavy atom. The van der Waals surface area contributed by atoms with Crippen LogP contribution >= 0.6 is 0 Å². The second-order valence-electron chi connectivity index (χ2n) is 3.19. The van der Waals surface area contributed by atoms with Gasteiger partial charge >= 0.3 is 0 Å². The van der Waals surface area contributed by atoms with E-state index in [0.29, 0.717) is 0 Å². The highest BCUT2D eigenvalue weighted by Crippen LogP contribution is 2.01. The highest BCUT2D eigenvalue weighted by molar-refractivity contribution is 5.14. The summed E-state index contributed by atoms with van der Waals surface area (Å²) >= 11 is 0. The van der Waals surface area contributed by atoms with E-state index in [-0.39, 0.29) is 0 Å². The molecule has 0 spiro atoms. The Kier molecular flexibility index (Phi) is 5.22. The van der Waals surface area contributed by atoms with Crippen molar-refractivity contribution in [3.63, 3.8) is 0 Å². The van der Waals surface area contributed by atoms with Crippen LogP contribution in [0.4, 0.5) is 0 Å². The average molecular weight is 193 g/mol. The second kappa shape index (κ2) is 6.54. The highest BCUT2D eigenvalue weighted by atomic mass is 15.7. The lowest BCUT2D eigenvalue weighted by atomic mass is 10.1. The Hall–Kier alpha value is -0.900. The number of nitrogens with zero attached hydrogens (tertiary/aromatic N) is 1. The van der Waals surface area contributed by atoms with Crippen molar-refractivity contribution in [1.82, 2.24) is 16.0 Å². The maximum atomic E-state index is 3.06. The molecule has 0 fully saturated rings. The number of hydrogen-bond acceptors (Lipinski definition) is 3. The van der Waals surface area contributed by atoms with Crippen LogP contribution in [-0.4, -0.2) is 25.8 Å². The number of hydrogen-bond donors (Lipinski definition) is 2. The molecule has 2 N–H and O–H groups in total. The first-order valence-corrected chi connectivity index (χ1v) is 5.03. The summed E-state index contributed by atoms with van der Waals surface area (Å²) in [4.78, 5) is 0. The summed E-state index contributed by atoms with van der Waals surface area (Å²) < 4.78 is 0. The summed E-state index contributed by atoms with van der Waals surface area (Å²) in [5.74, 6) is 0. The lowest BCUT2D eigenvalue weighted by molar-refractivity contribution is 0.144. The van der Waals surface area contributed by atoms with Crippen LogP contribution in [0.2, 0.25) is 0 Å². The van der Waals surface area contributed by atoms with Crippen LogP contribution in [0, 0.1) is 0 Å². The van der Waals surface area contributed by atoms with Gasteiger partial charge in [0.1, 0.15) is 0 Å². The minimum Gasteiger partial charge on any atom is -0.245 e. The molecule has 0 unspecified atom stereocenters. The predicted octanol–water partition coefficient (Wildman–Crippen LogP) is 1.19. The molecule has 3 heteroatoms. The zero-order chi connectivity index (χ0) is 10.2. The van der Waals surface area contributed by atoms with Crippen molar-refractivity contribution in [2.24, 2.45) is 0 Å². The van der Waals surface area contributed by atoms with Crippen LogP contribution in [0.15, 0.2) is 30.3 Å². The molecule has 1 aromatic rings. The van der Waals surface area contributed by atoms with Gasteiger partial charge in [-0.2, -0.15) is 5.12 Å². The van der Waals surface area contributed by atoms with Crippen LogP contribution in [-0.2, 0) is 6.42 Å². The van der Waals surface area contributed by atoms with Crippen LogP contribution in [0.5, 0.6) is 0 Å². The molecular formula is C11H19N3. The minimum absolute atomic E-state index is 1.00. The van der Waals surface area contributed by atoms with Crippen LogP contribution in [0.25, 0.3) is 0 Å². The first-order chi connectivity index (χ1) is 6.86. The Morgan fingerprint density at radius 3 is 2.29 bits per heavy atom. The van der Waals surface area contributed by atoms with Crippen molar-refractivity contribution in [1.29, 1.82) is 0 Å². The Labute approximate surface area is 86.1 Å². The third-order valence-corrected chi connectivity index (χ3v) is 2.23. The number of hydrazine groups is 2. The number of rotatable bonds is 6. The van der Waals surface area contributed by atoms with Gasteiger partial charge in [0.05, 0.1) is 0 Å². The van der Waals surface area contributed by atoms with Gasteiger partial charge in [0.25, 0.3) is 0 Å². The summed E-state index contributed by atoms with van der Waals surface area (Å²) in [6.45, 7) is 1.00. The van der Waals surface area contributed by atoms with E-state index < -0.39 is 0 Å². The summed E-state index contributed by atoms with van der Waals surface area (Å²) in [6, 6.07) is 10.6. The lowest BCUT2D eigenvalue weighted by Gasteiger charge is -2.18. The third-order valence-electron chi connectivity index (χ3n) is 2.23. The summed E-state index contributed by atoms with van der Waals surface area (Å²) in [6.07, 6.45) is 2.27. The molecule has 1 aromatic carbocycles. The van der Waals surface area contributed by atoms with E-state index in [2.05, 4.69) is 41.2 Å². The summed E-state index contributed by atoms with van der Waals surface area (Å²) in [5.41, 5.74) is 7.52. The minimum atomic E-state index is 1.00. The highest BCUT2D eigenvalue weighted by Gasteiger charge is 1.97. The molecule has 0 heterocycles. The van der Waals surface area contributed by atoms with Crippen LogP contribution in [0.3, 0.4) is 0 Å². The Morgan fingerprint density at radius 2 is 1.71 bits per heavy atom. The van der Waals surface area contributed by atoms with E-state index in [1.165, 1.54) is 5.56 Å². The van der Waals surface area contributed by atoms with Gasteiger partial charge in [-0.05, 0) is 18.4 Å². The monoisotopic (exact) mass is 193 g/mol. The van der Waals surface area contributed by atoms with Gasteiger partial charge in [-0.15, -0.1) is 0 Å². The molecule has 78 valence electrons. The molecule has 0 saturated carbocycles. The molecule has 0 bridgehead atoms. The number of aryl methyl sites for hydroxylation is 1. The van der Waals surface area contributed by atoms with Crippen molar-refractivity contribution < 1.29 is 0 Å². The van der Waals surface area contributed by atoms with E-state index in [4.69, 9.17) is 0 Å². The molecule has 0 aliphatic carbocycles. The second-order valence-corrected chi connectivity index (χ2v) is 3.19. The molecule has 0 atom stereocenters. The topological polar surface area (TPSA) is 27.3 Å². The molecule has 14 heavy (non-hydrogen) atoms. The van der Waals surface area contributed by atoms with Gasteiger partial charge in [-0.3, -0.25) is 0 Å². The van der Waals surface area contributed by atoms with E-state index >= 15 is 0 Å². The van der Waals surface area contributed by atoms with Gasteiger partial charge in [-0.25, -0.2) is 10.9 Å². The van der Waals surface area contributed by atoms with Crippen LogP contribution < -0.4 is 10.9 Å². The summed E-state index contributed by atoms with van der Waals surface area (Å²) in [7, 11) is 3.83. The van der Waals surface area contributed by atoms with Gasteiger partial charge in [0, 0.05) is 20.6 Å². The van der Waals surface area contributed by atoms with Crippen molar-refractivity contribution in [3.8, 4) is 0 Å². The fourth-order valence-corrected chi connectivity index (χ4v) is 1.42. The molecule has 0 amide bonds. The smallest absolute Gasteiger partial charge is 0.0291 e. The molecule has 0 aliphatic heterocycles. The van der Waals surface area contributed by atoms with Crippen molar-refractivity contribution in [2.45, 2.75) is 12.8 Å².